The first-order valence-electron chi connectivity index (χ1n) is 18.0. The van der Waals surface area contributed by atoms with Crippen molar-refractivity contribution in [1.29, 1.82) is 0 Å². The number of halogens is 10. The van der Waals surface area contributed by atoms with E-state index in [4.69, 9.17) is 106 Å². The molecule has 4 aliphatic rings. The highest BCUT2D eigenvalue weighted by molar-refractivity contribution is 6.83. The lowest BCUT2D eigenvalue weighted by Gasteiger charge is -2.36. The quantitative estimate of drug-likeness (QED) is 0.0629. The van der Waals surface area contributed by atoms with Gasteiger partial charge in [-0.15, -0.1) is 0 Å². The van der Waals surface area contributed by atoms with Crippen molar-refractivity contribution >= 4 is 145 Å². The number of amides is 6. The Morgan fingerprint density at radius 2 is 1.02 bits per heavy atom. The number of Topliss-reactive ketones (excluding diaryl/α,β-unsaturated/α-hetero) is 1. The van der Waals surface area contributed by atoms with Gasteiger partial charge in [0.15, 0.2) is 28.2 Å². The van der Waals surface area contributed by atoms with Gasteiger partial charge in [0, 0.05) is 44.3 Å². The van der Waals surface area contributed by atoms with E-state index in [1.807, 2.05) is 0 Å². The van der Waals surface area contributed by atoms with E-state index in [1.165, 1.54) is 77.7 Å². The lowest BCUT2D eigenvalue weighted by Crippen LogP contribution is -2.57. The Kier molecular flexibility index (Phi) is 13.7. The number of carbonyl (C=O) groups is 5. The maximum atomic E-state index is 15.7. The minimum atomic E-state index is -3.66. The van der Waals surface area contributed by atoms with Crippen LogP contribution in [0.5, 0.6) is 0 Å². The van der Waals surface area contributed by atoms with Crippen LogP contribution in [0.4, 0.5) is 41.1 Å². The molecule has 2 atom stereocenters. The topological polar surface area (TPSA) is 107 Å². The molecule has 0 radical (unpaired) electrons. The molecule has 4 aliphatic heterocycles. The Hall–Kier alpha value is -4.41. The van der Waals surface area contributed by atoms with Gasteiger partial charge in [0.05, 0.1) is 24.5 Å². The van der Waals surface area contributed by atoms with E-state index < -0.39 is 55.5 Å². The first-order chi connectivity index (χ1) is 29.1. The predicted molar refractivity (Wildman–Crippen MR) is 236 cm³/mol. The number of carbonyl (C=O) groups excluding carboxylic acids is 5. The second-order valence-corrected chi connectivity index (χ2v) is 19.2. The summed E-state index contributed by atoms with van der Waals surface area (Å²) in [5.41, 5.74) is -3.18. The third kappa shape index (κ3) is 8.62. The predicted octanol–water partition coefficient (Wildman–Crippen LogP) is 12.9. The monoisotopic (exact) mass is 1000 g/mol. The number of rotatable bonds is 6. The Balaban J connectivity index is 0.000000187. The summed E-state index contributed by atoms with van der Waals surface area (Å²) < 4.78 is 29.9. The average molecular weight is 1000 g/mol. The molecule has 320 valence electrons. The normalized spacial score (nSPS) is 20.5. The molecule has 11 nitrogen and oxygen atoms in total. The minimum Gasteiger partial charge on any atom is -0.303 e. The largest absolute Gasteiger partial charge is 0.332 e. The van der Waals surface area contributed by atoms with Crippen LogP contribution in [0.1, 0.15) is 41.6 Å². The molecule has 4 aromatic rings. The van der Waals surface area contributed by atoms with Gasteiger partial charge in [-0.3, -0.25) is 14.4 Å². The van der Waals surface area contributed by atoms with Crippen LogP contribution in [-0.2, 0) is 15.5 Å². The first kappa shape index (κ1) is 47.1. The molecule has 0 N–H and O–H groups in total. The van der Waals surface area contributed by atoms with Gasteiger partial charge < -0.3 is 9.80 Å². The summed E-state index contributed by atoms with van der Waals surface area (Å²) in [6, 6.07) is 18.0. The summed E-state index contributed by atoms with van der Waals surface area (Å²) in [4.78, 5) is 76.5. The highest BCUT2D eigenvalue weighted by Crippen LogP contribution is 2.54. The number of benzene rings is 4. The number of ketones is 1. The van der Waals surface area contributed by atoms with Crippen LogP contribution < -0.4 is 9.80 Å². The van der Waals surface area contributed by atoms with E-state index in [2.05, 4.69) is 9.69 Å². The number of urea groups is 2. The fraction of sp³-hybridized carbons (Fsp3) is 0.244. The van der Waals surface area contributed by atoms with E-state index in [9.17, 15) is 24.0 Å². The highest BCUT2D eigenvalue weighted by Gasteiger charge is 2.72. The molecule has 4 fully saturated rings. The Bertz CT molecular complexity index is 2540. The van der Waals surface area contributed by atoms with Gasteiger partial charge in [0.2, 0.25) is 0 Å². The molecule has 8 rings (SSSR count). The van der Waals surface area contributed by atoms with Crippen LogP contribution in [0.25, 0.3) is 9.69 Å². The molecule has 0 saturated carbocycles. The second-order valence-electron chi connectivity index (χ2n) is 14.0. The van der Waals surface area contributed by atoms with Gasteiger partial charge >= 0.3 is 18.0 Å². The van der Waals surface area contributed by atoms with Gasteiger partial charge in [0.25, 0.3) is 15.1 Å². The summed E-state index contributed by atoms with van der Waals surface area (Å²) in [7, 11) is 0. The summed E-state index contributed by atoms with van der Waals surface area (Å²) in [5, 5.41) is 0.918. The van der Waals surface area contributed by atoms with Gasteiger partial charge in [-0.1, -0.05) is 141 Å². The van der Waals surface area contributed by atoms with Crippen molar-refractivity contribution in [1.82, 2.24) is 9.80 Å². The van der Waals surface area contributed by atoms with Gasteiger partial charge in [-0.05, 0) is 62.1 Å². The SMILES string of the molecule is ClC(Cl)(Cl)Cl.[C-]#[N+]c1ccc(C(=O)C23CCCN2C(=O)N(c2cc(Cl)cc(Cl)c2)C3=O)cc1.[C-]#[N+]c1ccc(C(F)(F)C23CCCN2C(=O)N(c2cc(Cl)cc(Cl)c2)C3=O)cc1. The summed E-state index contributed by atoms with van der Waals surface area (Å²) in [5.74, 6) is -5.73. The summed E-state index contributed by atoms with van der Waals surface area (Å²) in [6.45, 7) is 14.3. The summed E-state index contributed by atoms with van der Waals surface area (Å²) >= 11 is 43.3. The van der Waals surface area contributed by atoms with Crippen molar-refractivity contribution in [3.05, 3.63) is 139 Å². The maximum absolute atomic E-state index is 15.7. The standard InChI is InChI=1S/C20H13Cl2F2N3O2.C20H13Cl2N3O3.CCl4/c1-25-15-5-3-12(4-6-15)20(23,24)19-7-2-8-26(19)18(29)27(17(19)28)16-10-13(21)9-14(22)11-16;1-23-15-5-3-12(4-6-15)17(26)20-7-2-8-24(20)19(28)25(18(20)27)16-10-13(21)9-14(22)11-16;2-1(3,4)5/h3-6,9-11H,2,7-8H2;3-6,9-11H,2,7-8H2;. The van der Waals surface area contributed by atoms with Crippen LogP contribution in [0.3, 0.4) is 0 Å². The third-order valence-corrected chi connectivity index (χ3v) is 11.3. The molecule has 4 heterocycles. The number of hydrogen-bond acceptors (Lipinski definition) is 5. The molecule has 0 aromatic heterocycles. The first-order valence-corrected chi connectivity index (χ1v) is 21.0. The Morgan fingerprint density at radius 3 is 1.48 bits per heavy atom. The molecule has 62 heavy (non-hydrogen) atoms. The zero-order chi connectivity index (χ0) is 45.5. The molecule has 4 aromatic carbocycles. The number of anilines is 2. The van der Waals surface area contributed by atoms with Crippen molar-refractivity contribution < 1.29 is 32.8 Å². The fourth-order valence-electron chi connectivity index (χ4n) is 7.88. The molecule has 0 aliphatic carbocycles. The van der Waals surface area contributed by atoms with Crippen LogP contribution in [0, 0.1) is 13.1 Å². The molecular formula is C41H26Cl8F2N6O5. The van der Waals surface area contributed by atoms with Gasteiger partial charge in [-0.2, -0.15) is 8.78 Å². The van der Waals surface area contributed by atoms with Crippen LogP contribution in [-0.4, -0.2) is 66.9 Å². The Morgan fingerprint density at radius 1 is 0.613 bits per heavy atom. The van der Waals surface area contributed by atoms with Crippen LogP contribution in [0.2, 0.25) is 20.1 Å². The smallest absolute Gasteiger partial charge is 0.303 e. The van der Waals surface area contributed by atoms with Crippen molar-refractivity contribution in [3.8, 4) is 0 Å². The van der Waals surface area contributed by atoms with Crippen molar-refractivity contribution in [3.63, 3.8) is 0 Å². The number of imide groups is 2. The molecule has 21 heteroatoms. The molecule has 4 saturated heterocycles. The van der Waals surface area contributed by atoms with Crippen LogP contribution in [0.15, 0.2) is 84.9 Å². The van der Waals surface area contributed by atoms with Crippen molar-refractivity contribution in [2.24, 2.45) is 0 Å². The highest BCUT2D eigenvalue weighted by atomic mass is 35.6. The van der Waals surface area contributed by atoms with Crippen LogP contribution >= 0.6 is 92.8 Å². The minimum absolute atomic E-state index is 0.0328. The maximum Gasteiger partial charge on any atom is 0.332 e. The molecule has 0 bridgehead atoms. The number of nitrogens with zero attached hydrogens (tertiary/aromatic N) is 6. The molecule has 2 unspecified atom stereocenters. The average Bonchev–Trinajstić information content (AvgIpc) is 3.95. The third-order valence-electron chi connectivity index (χ3n) is 10.4. The van der Waals surface area contributed by atoms with Crippen molar-refractivity contribution in [2.75, 3.05) is 22.9 Å². The van der Waals surface area contributed by atoms with Crippen molar-refractivity contribution in [2.45, 2.75) is 45.9 Å². The second kappa shape index (κ2) is 18.0. The fourth-order valence-corrected chi connectivity index (χ4v) is 8.91. The molecular weight excluding hydrogens is 978 g/mol. The van der Waals surface area contributed by atoms with Gasteiger partial charge in [-0.25, -0.2) is 29.1 Å². The van der Waals surface area contributed by atoms with Gasteiger partial charge in [0.1, 0.15) is 0 Å². The molecule has 6 amide bonds. The number of alkyl halides is 6. The van der Waals surface area contributed by atoms with E-state index >= 15 is 8.78 Å². The number of hydrogen-bond donors (Lipinski definition) is 0. The Labute approximate surface area is 393 Å². The lowest BCUT2D eigenvalue weighted by molar-refractivity contribution is -0.152. The summed E-state index contributed by atoms with van der Waals surface area (Å²) in [6.07, 6.45) is 0.885. The molecule has 0 spiro atoms. The van der Waals surface area contributed by atoms with E-state index in [0.29, 0.717) is 18.7 Å². The zero-order valence-corrected chi connectivity index (χ0v) is 37.4. The van der Waals surface area contributed by atoms with E-state index in [0.717, 1.165) is 26.8 Å². The zero-order valence-electron chi connectivity index (χ0n) is 31.3. The lowest BCUT2D eigenvalue weighted by atomic mass is 9.83. The number of fused-ring (bicyclic) bond motifs is 2. The van der Waals surface area contributed by atoms with E-state index in [-0.39, 0.29) is 68.5 Å². The van der Waals surface area contributed by atoms with E-state index in [1.54, 1.807) is 0 Å².